The highest BCUT2D eigenvalue weighted by Gasteiger charge is 2.35. The number of hydrogen-bond acceptors (Lipinski definition) is 4. The van der Waals surface area contributed by atoms with Gasteiger partial charge in [0.05, 0.1) is 7.11 Å². The molecule has 0 radical (unpaired) electrons. The predicted octanol–water partition coefficient (Wildman–Crippen LogP) is 1.74. The van der Waals surface area contributed by atoms with Crippen LogP contribution in [0.3, 0.4) is 0 Å². The molecule has 2 saturated heterocycles. The highest BCUT2D eigenvalue weighted by Crippen LogP contribution is 2.23. The summed E-state index contributed by atoms with van der Waals surface area (Å²) in [5, 5.41) is 0. The lowest BCUT2D eigenvalue weighted by atomic mass is 10.2. The van der Waals surface area contributed by atoms with Gasteiger partial charge in [0.15, 0.2) is 0 Å². The lowest BCUT2D eigenvalue weighted by molar-refractivity contribution is -0.142. The molecule has 1 atom stereocenters. The summed E-state index contributed by atoms with van der Waals surface area (Å²) in [6.45, 7) is 5.46. The summed E-state index contributed by atoms with van der Waals surface area (Å²) >= 11 is 0. The van der Waals surface area contributed by atoms with E-state index in [1.54, 1.807) is 18.9 Å². The standard InChI is InChI=1S/C19H27N3O3/c1-15(23)22-12-3-5-18(22)19(24)21-11-4-10-20(13-14-21)16-6-8-17(25-2)9-7-16/h6-9,18H,3-5,10-14H2,1-2H3. The number of methoxy groups -OCH3 is 1. The molecule has 6 heteroatoms. The van der Waals surface area contributed by atoms with Gasteiger partial charge in [-0.15, -0.1) is 0 Å². The molecule has 0 saturated carbocycles. The fraction of sp³-hybridized carbons (Fsp3) is 0.579. The number of anilines is 1. The van der Waals surface area contributed by atoms with E-state index in [1.807, 2.05) is 17.0 Å². The van der Waals surface area contributed by atoms with E-state index in [0.717, 1.165) is 50.3 Å². The highest BCUT2D eigenvalue weighted by atomic mass is 16.5. The van der Waals surface area contributed by atoms with Gasteiger partial charge in [-0.3, -0.25) is 9.59 Å². The molecule has 2 heterocycles. The molecule has 0 N–H and O–H groups in total. The topological polar surface area (TPSA) is 53.1 Å². The highest BCUT2D eigenvalue weighted by molar-refractivity contribution is 5.87. The quantitative estimate of drug-likeness (QED) is 0.837. The molecule has 0 aromatic heterocycles. The van der Waals surface area contributed by atoms with Crippen molar-refractivity contribution in [2.45, 2.75) is 32.2 Å². The monoisotopic (exact) mass is 345 g/mol. The zero-order valence-corrected chi connectivity index (χ0v) is 15.1. The van der Waals surface area contributed by atoms with Crippen LogP contribution in [0.1, 0.15) is 26.2 Å². The minimum Gasteiger partial charge on any atom is -0.497 e. The van der Waals surface area contributed by atoms with Crippen LogP contribution in [-0.4, -0.2) is 67.5 Å². The van der Waals surface area contributed by atoms with E-state index in [4.69, 9.17) is 4.74 Å². The summed E-state index contributed by atoms with van der Waals surface area (Å²) in [5.41, 5.74) is 1.15. The summed E-state index contributed by atoms with van der Waals surface area (Å²) in [5.74, 6) is 0.968. The first-order valence-corrected chi connectivity index (χ1v) is 9.05. The second kappa shape index (κ2) is 7.76. The Labute approximate surface area is 149 Å². The van der Waals surface area contributed by atoms with Crippen molar-refractivity contribution < 1.29 is 14.3 Å². The van der Waals surface area contributed by atoms with E-state index in [0.29, 0.717) is 13.1 Å². The minimum atomic E-state index is -0.259. The van der Waals surface area contributed by atoms with Gasteiger partial charge < -0.3 is 19.4 Å². The van der Waals surface area contributed by atoms with Crippen molar-refractivity contribution in [3.05, 3.63) is 24.3 Å². The number of hydrogen-bond donors (Lipinski definition) is 0. The average molecular weight is 345 g/mol. The third-order valence-corrected chi connectivity index (χ3v) is 5.19. The number of ether oxygens (including phenoxy) is 1. The lowest BCUT2D eigenvalue weighted by Gasteiger charge is -2.29. The fourth-order valence-corrected chi connectivity index (χ4v) is 3.80. The molecule has 2 amide bonds. The molecule has 3 rings (SSSR count). The molecular formula is C19H27N3O3. The molecule has 2 aliphatic heterocycles. The van der Waals surface area contributed by atoms with Crippen molar-refractivity contribution in [3.63, 3.8) is 0 Å². The molecule has 2 fully saturated rings. The Hall–Kier alpha value is -2.24. The van der Waals surface area contributed by atoms with E-state index in [-0.39, 0.29) is 17.9 Å². The Morgan fingerprint density at radius 1 is 1.00 bits per heavy atom. The summed E-state index contributed by atoms with van der Waals surface area (Å²) in [7, 11) is 1.66. The third-order valence-electron chi connectivity index (χ3n) is 5.19. The Morgan fingerprint density at radius 3 is 2.44 bits per heavy atom. The lowest BCUT2D eigenvalue weighted by Crippen LogP contribution is -2.48. The molecular weight excluding hydrogens is 318 g/mol. The summed E-state index contributed by atoms with van der Waals surface area (Å²) in [4.78, 5) is 30.6. The zero-order chi connectivity index (χ0) is 17.8. The van der Waals surface area contributed by atoms with Gasteiger partial charge in [0.25, 0.3) is 0 Å². The van der Waals surface area contributed by atoms with Gasteiger partial charge in [0.1, 0.15) is 11.8 Å². The second-order valence-electron chi connectivity index (χ2n) is 6.73. The summed E-state index contributed by atoms with van der Waals surface area (Å²) in [6.07, 6.45) is 2.64. The van der Waals surface area contributed by atoms with Crippen LogP contribution < -0.4 is 9.64 Å². The van der Waals surface area contributed by atoms with Crippen molar-refractivity contribution in [2.75, 3.05) is 44.7 Å². The maximum Gasteiger partial charge on any atom is 0.245 e. The first-order chi connectivity index (χ1) is 12.1. The van der Waals surface area contributed by atoms with E-state index in [1.165, 1.54) is 0 Å². The number of carbonyl (C=O) groups excluding carboxylic acids is 2. The predicted molar refractivity (Wildman–Crippen MR) is 96.8 cm³/mol. The number of likely N-dealkylation sites (tertiary alicyclic amines) is 1. The number of nitrogens with zero attached hydrogens (tertiary/aromatic N) is 3. The van der Waals surface area contributed by atoms with Gasteiger partial charge in [-0.25, -0.2) is 0 Å². The maximum absolute atomic E-state index is 12.9. The molecule has 1 unspecified atom stereocenters. The number of benzene rings is 1. The van der Waals surface area contributed by atoms with Crippen LogP contribution in [-0.2, 0) is 9.59 Å². The van der Waals surface area contributed by atoms with Crippen LogP contribution in [0.4, 0.5) is 5.69 Å². The molecule has 25 heavy (non-hydrogen) atoms. The molecule has 2 aliphatic rings. The maximum atomic E-state index is 12.9. The minimum absolute atomic E-state index is 0.00512. The van der Waals surface area contributed by atoms with Crippen molar-refractivity contribution in [3.8, 4) is 5.75 Å². The van der Waals surface area contributed by atoms with Crippen LogP contribution in [0.15, 0.2) is 24.3 Å². The van der Waals surface area contributed by atoms with Gasteiger partial charge in [-0.1, -0.05) is 0 Å². The first-order valence-electron chi connectivity index (χ1n) is 9.05. The van der Waals surface area contributed by atoms with Crippen LogP contribution in [0.2, 0.25) is 0 Å². The smallest absolute Gasteiger partial charge is 0.245 e. The molecule has 1 aromatic rings. The van der Waals surface area contributed by atoms with E-state index in [2.05, 4.69) is 17.0 Å². The molecule has 0 bridgehead atoms. The number of amides is 2. The van der Waals surface area contributed by atoms with E-state index in [9.17, 15) is 9.59 Å². The molecule has 0 aliphatic carbocycles. The van der Waals surface area contributed by atoms with Gasteiger partial charge in [-0.2, -0.15) is 0 Å². The van der Waals surface area contributed by atoms with Gasteiger partial charge in [0.2, 0.25) is 11.8 Å². The SMILES string of the molecule is COc1ccc(N2CCCN(C(=O)C3CCCN3C(C)=O)CC2)cc1. The van der Waals surface area contributed by atoms with Crippen molar-refractivity contribution in [1.82, 2.24) is 9.80 Å². The molecule has 0 spiro atoms. The zero-order valence-electron chi connectivity index (χ0n) is 15.1. The summed E-state index contributed by atoms with van der Waals surface area (Å²) < 4.78 is 5.21. The fourth-order valence-electron chi connectivity index (χ4n) is 3.80. The van der Waals surface area contributed by atoms with Crippen molar-refractivity contribution in [1.29, 1.82) is 0 Å². The average Bonchev–Trinajstić information content (AvgIpc) is 3.00. The van der Waals surface area contributed by atoms with Crippen LogP contribution in [0.25, 0.3) is 0 Å². The third kappa shape index (κ3) is 3.89. The van der Waals surface area contributed by atoms with Crippen molar-refractivity contribution >= 4 is 17.5 Å². The summed E-state index contributed by atoms with van der Waals surface area (Å²) in [6, 6.07) is 7.79. The Morgan fingerprint density at radius 2 is 1.76 bits per heavy atom. The number of rotatable bonds is 3. The van der Waals surface area contributed by atoms with Crippen LogP contribution in [0.5, 0.6) is 5.75 Å². The van der Waals surface area contributed by atoms with Crippen molar-refractivity contribution in [2.24, 2.45) is 0 Å². The second-order valence-corrected chi connectivity index (χ2v) is 6.73. The number of carbonyl (C=O) groups is 2. The van der Waals surface area contributed by atoms with E-state index < -0.39 is 0 Å². The van der Waals surface area contributed by atoms with Gasteiger partial charge >= 0.3 is 0 Å². The Bertz CT molecular complexity index is 617. The normalized spacial score (nSPS) is 21.2. The molecule has 6 nitrogen and oxygen atoms in total. The van der Waals surface area contributed by atoms with Crippen LogP contribution >= 0.6 is 0 Å². The van der Waals surface area contributed by atoms with Gasteiger partial charge in [0, 0.05) is 45.3 Å². The Kier molecular flexibility index (Phi) is 5.46. The van der Waals surface area contributed by atoms with E-state index >= 15 is 0 Å². The Balaban J connectivity index is 1.62. The molecule has 1 aromatic carbocycles. The first kappa shape index (κ1) is 17.6. The largest absolute Gasteiger partial charge is 0.497 e. The van der Waals surface area contributed by atoms with Crippen LogP contribution in [0, 0.1) is 0 Å². The van der Waals surface area contributed by atoms with Gasteiger partial charge in [-0.05, 0) is 43.5 Å². The molecule has 136 valence electrons.